The lowest BCUT2D eigenvalue weighted by Crippen LogP contribution is -2.39. The third-order valence-electron chi connectivity index (χ3n) is 7.72. The van der Waals surface area contributed by atoms with Gasteiger partial charge >= 0.3 is 5.97 Å². The lowest BCUT2D eigenvalue weighted by atomic mass is 9.77. The lowest BCUT2D eigenvalue weighted by molar-refractivity contribution is -0.160. The summed E-state index contributed by atoms with van der Waals surface area (Å²) in [5.41, 5.74) is 2.47. The van der Waals surface area contributed by atoms with Crippen molar-refractivity contribution in [1.29, 1.82) is 0 Å². The molecule has 3 heterocycles. The minimum Gasteiger partial charge on any atom is -0.479 e. The number of hydrogen-bond donors (Lipinski definition) is 1. The summed E-state index contributed by atoms with van der Waals surface area (Å²) in [7, 11) is 0. The molecule has 0 bridgehead atoms. The second kappa shape index (κ2) is 10.8. The van der Waals surface area contributed by atoms with E-state index in [0.29, 0.717) is 40.8 Å². The third-order valence-corrected chi connectivity index (χ3v) is 7.72. The Balaban J connectivity index is 1.76. The molecule has 2 aromatic heterocycles. The highest BCUT2D eigenvalue weighted by molar-refractivity contribution is 5.86. The van der Waals surface area contributed by atoms with Gasteiger partial charge in [0, 0.05) is 47.9 Å². The van der Waals surface area contributed by atoms with Crippen LogP contribution in [0, 0.1) is 30.0 Å². The van der Waals surface area contributed by atoms with Crippen LogP contribution in [0.25, 0.3) is 11.1 Å². The van der Waals surface area contributed by atoms with Gasteiger partial charge in [0.25, 0.3) is 0 Å². The molecule has 208 valence electrons. The number of aliphatic carboxylic acids is 1. The molecule has 38 heavy (non-hydrogen) atoms. The molecule has 0 radical (unpaired) electrons. The van der Waals surface area contributed by atoms with Crippen LogP contribution in [-0.4, -0.2) is 46.3 Å². The van der Waals surface area contributed by atoms with Gasteiger partial charge in [-0.05, 0) is 76.7 Å². The maximum Gasteiger partial charge on any atom is 0.337 e. The van der Waals surface area contributed by atoms with Crippen molar-refractivity contribution >= 4 is 11.7 Å². The molecular formula is C30H42FN3O4. The van der Waals surface area contributed by atoms with Gasteiger partial charge in [-0.2, -0.15) is 0 Å². The summed E-state index contributed by atoms with van der Waals surface area (Å²) in [4.78, 5) is 23.6. The maximum absolute atomic E-state index is 15.2. The van der Waals surface area contributed by atoms with E-state index in [2.05, 4.69) is 35.6 Å². The number of pyridine rings is 2. The van der Waals surface area contributed by atoms with Crippen molar-refractivity contribution in [2.24, 2.45) is 17.3 Å². The van der Waals surface area contributed by atoms with Gasteiger partial charge in [-0.15, -0.1) is 0 Å². The highest BCUT2D eigenvalue weighted by Crippen LogP contribution is 2.43. The van der Waals surface area contributed by atoms with E-state index in [4.69, 9.17) is 9.47 Å². The van der Waals surface area contributed by atoms with Gasteiger partial charge in [0.15, 0.2) is 11.9 Å². The molecule has 0 aromatic carbocycles. The summed E-state index contributed by atoms with van der Waals surface area (Å²) >= 11 is 0. The van der Waals surface area contributed by atoms with Gasteiger partial charge in [0.1, 0.15) is 0 Å². The van der Waals surface area contributed by atoms with Crippen molar-refractivity contribution in [3.05, 3.63) is 35.5 Å². The van der Waals surface area contributed by atoms with Crippen LogP contribution in [0.2, 0.25) is 0 Å². The van der Waals surface area contributed by atoms with Crippen LogP contribution in [0.4, 0.5) is 10.1 Å². The smallest absolute Gasteiger partial charge is 0.337 e. The number of aromatic nitrogens is 2. The molecule has 1 saturated heterocycles. The minimum atomic E-state index is -1.22. The Morgan fingerprint density at radius 1 is 1.21 bits per heavy atom. The third kappa shape index (κ3) is 6.45. The predicted octanol–water partition coefficient (Wildman–Crippen LogP) is 6.58. The Hall–Kier alpha value is -2.74. The van der Waals surface area contributed by atoms with Gasteiger partial charge in [0.05, 0.1) is 17.9 Å². The first-order valence-electron chi connectivity index (χ1n) is 13.7. The van der Waals surface area contributed by atoms with Gasteiger partial charge in [0.2, 0.25) is 5.88 Å². The monoisotopic (exact) mass is 527 g/mol. The number of carboxylic acid groups (broad SMARTS) is 1. The number of aryl methyl sites for hydroxylation is 1. The van der Waals surface area contributed by atoms with E-state index in [1.807, 2.05) is 20.8 Å². The molecule has 4 rings (SSSR count). The van der Waals surface area contributed by atoms with Crippen molar-refractivity contribution in [3.63, 3.8) is 0 Å². The molecule has 1 saturated carbocycles. The van der Waals surface area contributed by atoms with Crippen molar-refractivity contribution < 1.29 is 23.8 Å². The molecular weight excluding hydrogens is 485 g/mol. The Labute approximate surface area is 225 Å². The van der Waals surface area contributed by atoms with Crippen LogP contribution in [0.1, 0.15) is 84.6 Å². The Morgan fingerprint density at radius 3 is 2.42 bits per heavy atom. The Morgan fingerprint density at radius 2 is 1.87 bits per heavy atom. The van der Waals surface area contributed by atoms with Gasteiger partial charge < -0.3 is 19.5 Å². The van der Waals surface area contributed by atoms with Crippen molar-refractivity contribution in [1.82, 2.24) is 9.97 Å². The van der Waals surface area contributed by atoms with Crippen LogP contribution < -0.4 is 9.64 Å². The number of rotatable bonds is 8. The molecule has 1 atom stereocenters. The van der Waals surface area contributed by atoms with Gasteiger partial charge in [-0.25, -0.2) is 14.2 Å². The first kappa shape index (κ1) is 28.3. The topological polar surface area (TPSA) is 84.8 Å². The highest BCUT2D eigenvalue weighted by Gasteiger charge is 2.36. The molecule has 0 amide bonds. The van der Waals surface area contributed by atoms with E-state index >= 15 is 4.39 Å². The highest BCUT2D eigenvalue weighted by atomic mass is 19.1. The zero-order chi connectivity index (χ0) is 27.8. The molecule has 2 aromatic rings. The number of ether oxygens (including phenoxy) is 2. The first-order valence-corrected chi connectivity index (χ1v) is 13.7. The van der Waals surface area contributed by atoms with Crippen molar-refractivity contribution in [2.75, 3.05) is 24.6 Å². The molecule has 0 unspecified atom stereocenters. The fourth-order valence-electron chi connectivity index (χ4n) is 5.48. The maximum atomic E-state index is 15.2. The summed E-state index contributed by atoms with van der Waals surface area (Å²) in [6.07, 6.45) is 6.14. The number of anilines is 1. The molecule has 1 aliphatic carbocycles. The fraction of sp³-hybridized carbons (Fsp3) is 0.633. The summed E-state index contributed by atoms with van der Waals surface area (Å²) in [5.74, 6) is -0.486. The number of piperidine rings is 1. The number of halogens is 1. The summed E-state index contributed by atoms with van der Waals surface area (Å²) < 4.78 is 27.0. The number of carbonyl (C=O) groups is 1. The summed E-state index contributed by atoms with van der Waals surface area (Å²) in [6, 6.07) is 1.42. The zero-order valence-corrected chi connectivity index (χ0v) is 23.8. The summed E-state index contributed by atoms with van der Waals surface area (Å²) in [5, 5.41) is 10.2. The average Bonchev–Trinajstić information content (AvgIpc) is 2.80. The van der Waals surface area contributed by atoms with Crippen molar-refractivity contribution in [2.45, 2.75) is 85.9 Å². The molecule has 7 nitrogen and oxygen atoms in total. The standard InChI is InChI=1S/C30H42FN3O4/c1-18-12-20(13-18)17-37-27-23(31)14-21(15-33-27)22-16-32-19(2)24(26(28(35)36)38-29(3,4)5)25(22)34-10-8-30(6,7)9-11-34/h14-16,18,20,26H,8-13,17H2,1-7H3,(H,35,36)/t18?,20?,26-/m0/s1. The lowest BCUT2D eigenvalue weighted by Gasteiger charge is -2.40. The molecule has 2 aliphatic rings. The van der Waals surface area contributed by atoms with Crippen LogP contribution >= 0.6 is 0 Å². The first-order chi connectivity index (χ1) is 17.7. The Bertz CT molecular complexity index is 1160. The second-order valence-electron chi connectivity index (χ2n) is 12.9. The fourth-order valence-corrected chi connectivity index (χ4v) is 5.48. The quantitative estimate of drug-likeness (QED) is 0.415. The number of carboxylic acids is 1. The number of nitrogens with zero attached hydrogens (tertiary/aromatic N) is 3. The minimum absolute atomic E-state index is 0.00523. The van der Waals surface area contributed by atoms with Crippen LogP contribution in [0.5, 0.6) is 5.88 Å². The molecule has 1 N–H and O–H groups in total. The molecule has 0 spiro atoms. The number of hydrogen-bond acceptors (Lipinski definition) is 6. The van der Waals surface area contributed by atoms with E-state index in [0.717, 1.165) is 44.5 Å². The van der Waals surface area contributed by atoms with Crippen LogP contribution in [-0.2, 0) is 9.53 Å². The zero-order valence-electron chi connectivity index (χ0n) is 23.8. The van der Waals surface area contributed by atoms with E-state index in [1.165, 1.54) is 6.07 Å². The van der Waals surface area contributed by atoms with E-state index in [-0.39, 0.29) is 11.3 Å². The molecule has 1 aliphatic heterocycles. The summed E-state index contributed by atoms with van der Waals surface area (Å²) in [6.45, 7) is 16.0. The van der Waals surface area contributed by atoms with Gasteiger partial charge in [-0.1, -0.05) is 20.8 Å². The van der Waals surface area contributed by atoms with Crippen LogP contribution in [0.15, 0.2) is 18.5 Å². The molecule has 8 heteroatoms. The largest absolute Gasteiger partial charge is 0.479 e. The normalized spacial score (nSPS) is 22.1. The van der Waals surface area contributed by atoms with Gasteiger partial charge in [-0.3, -0.25) is 4.98 Å². The van der Waals surface area contributed by atoms with E-state index < -0.39 is 23.5 Å². The molecule has 2 fully saturated rings. The Kier molecular flexibility index (Phi) is 8.03. The predicted molar refractivity (Wildman–Crippen MR) is 146 cm³/mol. The average molecular weight is 528 g/mol. The van der Waals surface area contributed by atoms with Crippen LogP contribution in [0.3, 0.4) is 0 Å². The second-order valence-corrected chi connectivity index (χ2v) is 12.9. The van der Waals surface area contributed by atoms with E-state index in [9.17, 15) is 9.90 Å². The van der Waals surface area contributed by atoms with Crippen molar-refractivity contribution in [3.8, 4) is 17.0 Å². The van der Waals surface area contributed by atoms with E-state index in [1.54, 1.807) is 19.3 Å². The SMILES string of the molecule is Cc1ncc(-c2cnc(OCC3CC(C)C3)c(F)c2)c(N2CCC(C)(C)CC2)c1[C@H](OC(C)(C)C)C(=O)O.